The maximum Gasteiger partial charge on any atom is 0.224 e. The molecule has 2 aromatic rings. The maximum atomic E-state index is 11.7. The number of thiazole rings is 1. The second-order valence-corrected chi connectivity index (χ2v) is 6.92. The van der Waals surface area contributed by atoms with Crippen molar-refractivity contribution >= 4 is 45.6 Å². The van der Waals surface area contributed by atoms with Crippen LogP contribution >= 0.6 is 23.7 Å². The van der Waals surface area contributed by atoms with Crippen molar-refractivity contribution in [2.75, 3.05) is 11.9 Å². The smallest absolute Gasteiger partial charge is 0.224 e. The lowest BCUT2D eigenvalue weighted by Gasteiger charge is -2.13. The molecule has 0 aliphatic rings. The van der Waals surface area contributed by atoms with E-state index in [1.54, 1.807) is 11.3 Å². The van der Waals surface area contributed by atoms with Crippen molar-refractivity contribution in [1.29, 1.82) is 0 Å². The zero-order chi connectivity index (χ0) is 14.8. The number of hydrogen-bond acceptors (Lipinski definition) is 4. The summed E-state index contributed by atoms with van der Waals surface area (Å²) in [5.41, 5.74) is 7.26. The predicted octanol–water partition coefficient (Wildman–Crippen LogP) is 3.69. The molecule has 1 aromatic carbocycles. The third-order valence-corrected chi connectivity index (χ3v) is 4.37. The van der Waals surface area contributed by atoms with Crippen LogP contribution in [0.25, 0.3) is 10.2 Å². The van der Waals surface area contributed by atoms with Gasteiger partial charge >= 0.3 is 0 Å². The molecule has 0 unspecified atom stereocenters. The van der Waals surface area contributed by atoms with Crippen LogP contribution in [-0.2, 0) is 10.2 Å². The van der Waals surface area contributed by atoms with Crippen LogP contribution in [0.4, 0.5) is 5.69 Å². The summed E-state index contributed by atoms with van der Waals surface area (Å²) in [6.45, 7) is 7.00. The van der Waals surface area contributed by atoms with Gasteiger partial charge in [-0.2, -0.15) is 0 Å². The molecule has 0 bridgehead atoms. The van der Waals surface area contributed by atoms with Gasteiger partial charge in [0.2, 0.25) is 5.91 Å². The fourth-order valence-corrected chi connectivity index (χ4v) is 2.87. The van der Waals surface area contributed by atoms with Gasteiger partial charge in [0.1, 0.15) is 0 Å². The van der Waals surface area contributed by atoms with Gasteiger partial charge in [-0.25, -0.2) is 4.98 Å². The van der Waals surface area contributed by atoms with E-state index in [1.807, 2.05) is 18.2 Å². The molecule has 0 spiro atoms. The molecule has 3 N–H and O–H groups in total. The van der Waals surface area contributed by atoms with Gasteiger partial charge in [0.15, 0.2) is 0 Å². The first kappa shape index (κ1) is 17.9. The molecule has 1 aromatic heterocycles. The number of aromatic nitrogens is 1. The summed E-state index contributed by atoms with van der Waals surface area (Å²) >= 11 is 1.68. The topological polar surface area (TPSA) is 68.0 Å². The Morgan fingerprint density at radius 2 is 2.10 bits per heavy atom. The average Bonchev–Trinajstić information content (AvgIpc) is 2.79. The molecule has 0 saturated carbocycles. The van der Waals surface area contributed by atoms with Gasteiger partial charge in [0.25, 0.3) is 0 Å². The highest BCUT2D eigenvalue weighted by atomic mass is 35.5. The molecule has 2 rings (SSSR count). The third kappa shape index (κ3) is 4.66. The summed E-state index contributed by atoms with van der Waals surface area (Å²) in [5, 5.41) is 4.01. The van der Waals surface area contributed by atoms with Gasteiger partial charge < -0.3 is 11.1 Å². The minimum Gasteiger partial charge on any atom is -0.330 e. The van der Waals surface area contributed by atoms with Crippen LogP contribution in [0, 0.1) is 0 Å². The van der Waals surface area contributed by atoms with Crippen molar-refractivity contribution in [2.24, 2.45) is 5.73 Å². The van der Waals surface area contributed by atoms with Crippen LogP contribution in [0.2, 0.25) is 0 Å². The molecule has 21 heavy (non-hydrogen) atoms. The Kier molecular flexibility index (Phi) is 6.13. The van der Waals surface area contributed by atoms with Gasteiger partial charge in [0.05, 0.1) is 15.2 Å². The minimum atomic E-state index is 0. The second-order valence-electron chi connectivity index (χ2n) is 5.89. The number of halogens is 1. The lowest BCUT2D eigenvalue weighted by molar-refractivity contribution is -0.116. The zero-order valence-electron chi connectivity index (χ0n) is 12.6. The van der Waals surface area contributed by atoms with Crippen LogP contribution in [-0.4, -0.2) is 17.4 Å². The van der Waals surface area contributed by atoms with Crippen molar-refractivity contribution in [3.8, 4) is 0 Å². The number of carbonyl (C=O) groups excluding carboxylic acids is 1. The predicted molar refractivity (Wildman–Crippen MR) is 92.5 cm³/mol. The number of nitrogens with zero attached hydrogens (tertiary/aromatic N) is 1. The molecule has 1 heterocycles. The molecule has 0 atom stereocenters. The van der Waals surface area contributed by atoms with E-state index in [4.69, 9.17) is 5.73 Å². The van der Waals surface area contributed by atoms with E-state index in [2.05, 4.69) is 31.1 Å². The summed E-state index contributed by atoms with van der Waals surface area (Å²) in [6, 6.07) is 5.84. The summed E-state index contributed by atoms with van der Waals surface area (Å²) in [6.07, 6.45) is 1.17. The number of rotatable bonds is 4. The Balaban J connectivity index is 0.00000220. The average molecular weight is 328 g/mol. The van der Waals surface area contributed by atoms with Gasteiger partial charge in [-0.15, -0.1) is 23.7 Å². The number of hydrogen-bond donors (Lipinski definition) is 2. The SMILES string of the molecule is CC(C)(C)c1nc2ccc(NC(=O)CCCN)cc2s1.Cl. The number of nitrogens with one attached hydrogen (secondary N) is 1. The molecule has 0 fully saturated rings. The molecule has 116 valence electrons. The third-order valence-electron chi connectivity index (χ3n) is 2.92. The van der Waals surface area contributed by atoms with E-state index in [9.17, 15) is 4.79 Å². The Bertz CT molecular complexity index is 619. The first-order chi connectivity index (χ1) is 9.40. The highest BCUT2D eigenvalue weighted by molar-refractivity contribution is 7.18. The monoisotopic (exact) mass is 327 g/mol. The van der Waals surface area contributed by atoms with Crippen LogP contribution < -0.4 is 11.1 Å². The summed E-state index contributed by atoms with van der Waals surface area (Å²) in [4.78, 5) is 16.3. The normalized spacial score (nSPS) is 11.2. The highest BCUT2D eigenvalue weighted by Crippen LogP contribution is 2.32. The number of anilines is 1. The number of carbonyl (C=O) groups is 1. The zero-order valence-corrected chi connectivity index (χ0v) is 14.2. The number of amides is 1. The van der Waals surface area contributed by atoms with Crippen LogP contribution in [0.3, 0.4) is 0 Å². The van der Waals surface area contributed by atoms with Crippen molar-refractivity contribution < 1.29 is 4.79 Å². The molecule has 0 radical (unpaired) electrons. The van der Waals surface area contributed by atoms with Crippen LogP contribution in [0.15, 0.2) is 18.2 Å². The molecule has 0 aliphatic carbocycles. The largest absolute Gasteiger partial charge is 0.330 e. The van der Waals surface area contributed by atoms with Crippen molar-refractivity contribution in [3.05, 3.63) is 23.2 Å². The molecular weight excluding hydrogens is 306 g/mol. The Labute approximate surface area is 135 Å². The summed E-state index contributed by atoms with van der Waals surface area (Å²) < 4.78 is 1.10. The van der Waals surface area contributed by atoms with E-state index in [1.165, 1.54) is 0 Å². The fraction of sp³-hybridized carbons (Fsp3) is 0.467. The molecule has 0 saturated heterocycles. The van der Waals surface area contributed by atoms with Gasteiger partial charge in [-0.05, 0) is 31.2 Å². The maximum absolute atomic E-state index is 11.7. The van der Waals surface area contributed by atoms with Crippen LogP contribution in [0.1, 0.15) is 38.6 Å². The van der Waals surface area contributed by atoms with E-state index in [-0.39, 0.29) is 23.7 Å². The second kappa shape index (κ2) is 7.20. The van der Waals surface area contributed by atoms with Crippen molar-refractivity contribution in [1.82, 2.24) is 4.98 Å². The fourth-order valence-electron chi connectivity index (χ4n) is 1.81. The molecule has 0 aliphatic heterocycles. The van der Waals surface area contributed by atoms with E-state index >= 15 is 0 Å². The van der Waals surface area contributed by atoms with E-state index < -0.39 is 0 Å². The van der Waals surface area contributed by atoms with E-state index in [0.717, 1.165) is 20.9 Å². The van der Waals surface area contributed by atoms with Crippen LogP contribution in [0.5, 0.6) is 0 Å². The molecule has 6 heteroatoms. The van der Waals surface area contributed by atoms with Gasteiger partial charge in [0, 0.05) is 17.5 Å². The molecule has 1 amide bonds. The lowest BCUT2D eigenvalue weighted by Crippen LogP contribution is -2.13. The number of fused-ring (bicyclic) bond motifs is 1. The van der Waals surface area contributed by atoms with E-state index in [0.29, 0.717) is 19.4 Å². The lowest BCUT2D eigenvalue weighted by atomic mass is 9.98. The molecule has 4 nitrogen and oxygen atoms in total. The van der Waals surface area contributed by atoms with Crippen molar-refractivity contribution in [3.63, 3.8) is 0 Å². The Morgan fingerprint density at radius 1 is 1.38 bits per heavy atom. The van der Waals surface area contributed by atoms with Crippen molar-refractivity contribution in [2.45, 2.75) is 39.0 Å². The first-order valence-corrected chi connectivity index (χ1v) is 7.63. The number of benzene rings is 1. The minimum absolute atomic E-state index is 0. The van der Waals surface area contributed by atoms with Gasteiger partial charge in [-0.1, -0.05) is 20.8 Å². The number of nitrogens with two attached hydrogens (primary N) is 1. The van der Waals surface area contributed by atoms with Gasteiger partial charge in [-0.3, -0.25) is 4.79 Å². The first-order valence-electron chi connectivity index (χ1n) is 6.81. The Morgan fingerprint density at radius 3 is 2.71 bits per heavy atom. The molecular formula is C15H22ClN3OS. The Hall–Kier alpha value is -1.17. The summed E-state index contributed by atoms with van der Waals surface area (Å²) in [5.74, 6) is 0.00959. The summed E-state index contributed by atoms with van der Waals surface area (Å²) in [7, 11) is 0. The standard InChI is InChI=1S/C15H21N3OS.ClH/c1-15(2,3)14-18-11-7-6-10(9-12(11)20-14)17-13(19)5-4-8-16;/h6-7,9H,4-5,8,16H2,1-3H3,(H,17,19);1H. The highest BCUT2D eigenvalue weighted by Gasteiger charge is 2.18. The quantitative estimate of drug-likeness (QED) is 0.899.